The summed E-state index contributed by atoms with van der Waals surface area (Å²) in [5.41, 5.74) is 12.8. The van der Waals surface area contributed by atoms with Crippen LogP contribution in [0.5, 0.6) is 0 Å². The largest absolute Gasteiger partial charge is 0.309 e. The molecular formula is C60H53N5. The van der Waals surface area contributed by atoms with E-state index in [9.17, 15) is 5.26 Å². The first-order chi connectivity index (χ1) is 31.9. The molecule has 16 rings (SSSR count). The van der Waals surface area contributed by atoms with Crippen molar-refractivity contribution in [3.63, 3.8) is 0 Å². The van der Waals surface area contributed by atoms with Gasteiger partial charge in [-0.1, -0.05) is 103 Å². The van der Waals surface area contributed by atoms with Crippen LogP contribution in [0.25, 0.3) is 72.8 Å². The molecule has 6 aromatic carbocycles. The van der Waals surface area contributed by atoms with Crippen LogP contribution >= 0.6 is 0 Å². The van der Waals surface area contributed by atoms with Crippen LogP contribution in [0.2, 0.25) is 0 Å². The van der Waals surface area contributed by atoms with Crippen molar-refractivity contribution in [2.75, 3.05) is 0 Å². The molecule has 0 saturated heterocycles. The van der Waals surface area contributed by atoms with Gasteiger partial charge in [-0.3, -0.25) is 0 Å². The summed E-state index contributed by atoms with van der Waals surface area (Å²) in [4.78, 5) is 16.1. The quantitative estimate of drug-likeness (QED) is 0.160. The van der Waals surface area contributed by atoms with E-state index in [1.807, 2.05) is 18.2 Å². The van der Waals surface area contributed by atoms with Gasteiger partial charge in [0.25, 0.3) is 0 Å². The highest BCUT2D eigenvalue weighted by molar-refractivity contribution is 6.15. The fourth-order valence-corrected chi connectivity index (χ4v) is 15.7. The standard InChI is InChI=1S/C60H53N5/c61-36-37-6-3-9-50(28-37)65-53-12-2-1-10-51(53)55-52(11-5-13-54(55)65)58-63-56(45-16-20-49(21-17-45)60-33-41-25-42(34-60)27-43(26-41)35-60)62-57(64-58)47-8-4-7-46(29-47)44-14-18-48(19-15-44)59-30-38-22-39(31-59)24-40(23-38)32-59/h1-21,28-29,38-43H,22-27,30-35H2/t38-,39-,40-,41-,42-,43-,59?,60?. The van der Waals surface area contributed by atoms with E-state index >= 15 is 0 Å². The minimum Gasteiger partial charge on any atom is -0.309 e. The van der Waals surface area contributed by atoms with E-state index in [1.165, 1.54) is 93.7 Å². The van der Waals surface area contributed by atoms with Crippen LogP contribution in [0, 0.1) is 46.8 Å². The Labute approximate surface area is 381 Å². The minimum atomic E-state index is 0.327. The first-order valence-corrected chi connectivity index (χ1v) is 24.6. The molecule has 0 atom stereocenters. The molecule has 0 aliphatic heterocycles. The highest BCUT2D eigenvalue weighted by Gasteiger charge is 2.52. The van der Waals surface area contributed by atoms with Crippen LogP contribution in [0.15, 0.2) is 140 Å². The van der Waals surface area contributed by atoms with Crippen LogP contribution < -0.4 is 0 Å². The maximum Gasteiger partial charge on any atom is 0.164 e. The van der Waals surface area contributed by atoms with Gasteiger partial charge in [0.05, 0.1) is 22.7 Å². The molecule has 0 amide bonds. The van der Waals surface area contributed by atoms with E-state index in [0.29, 0.717) is 33.9 Å². The van der Waals surface area contributed by atoms with Crippen molar-refractivity contribution >= 4 is 21.8 Å². The van der Waals surface area contributed by atoms with E-state index in [1.54, 1.807) is 5.56 Å². The lowest BCUT2D eigenvalue weighted by molar-refractivity contribution is -0.00530. The van der Waals surface area contributed by atoms with Crippen LogP contribution in [0.4, 0.5) is 0 Å². The number of benzene rings is 6. The summed E-state index contributed by atoms with van der Waals surface area (Å²) in [5, 5.41) is 12.0. The first kappa shape index (κ1) is 37.9. The molecule has 8 aliphatic rings. The Hall–Kier alpha value is -6.38. The van der Waals surface area contributed by atoms with Crippen molar-refractivity contribution in [2.24, 2.45) is 35.5 Å². The average Bonchev–Trinajstić information content (AvgIpc) is 3.68. The molecule has 8 aliphatic carbocycles. The second-order valence-electron chi connectivity index (χ2n) is 21.7. The zero-order valence-electron chi connectivity index (χ0n) is 37.0. The molecule has 8 saturated carbocycles. The molecule has 8 aromatic rings. The number of hydrogen-bond acceptors (Lipinski definition) is 4. The van der Waals surface area contributed by atoms with Crippen LogP contribution in [-0.2, 0) is 10.8 Å². The predicted octanol–water partition coefficient (Wildman–Crippen LogP) is 14.4. The second kappa shape index (κ2) is 14.3. The Morgan fingerprint density at radius 2 is 0.954 bits per heavy atom. The Morgan fingerprint density at radius 3 is 1.57 bits per heavy atom. The molecule has 0 unspecified atom stereocenters. The van der Waals surface area contributed by atoms with Gasteiger partial charge in [-0.05, 0) is 182 Å². The smallest absolute Gasteiger partial charge is 0.164 e. The van der Waals surface area contributed by atoms with E-state index in [-0.39, 0.29) is 0 Å². The lowest BCUT2D eigenvalue weighted by atomic mass is 9.48. The van der Waals surface area contributed by atoms with Crippen molar-refractivity contribution < 1.29 is 0 Å². The number of hydrogen-bond donors (Lipinski definition) is 0. The Morgan fingerprint density at radius 1 is 0.446 bits per heavy atom. The van der Waals surface area contributed by atoms with E-state index in [4.69, 9.17) is 15.0 Å². The molecule has 65 heavy (non-hydrogen) atoms. The molecule has 2 aromatic heterocycles. The van der Waals surface area contributed by atoms with Crippen LogP contribution in [0.3, 0.4) is 0 Å². The summed E-state index contributed by atoms with van der Waals surface area (Å²) in [6, 6.07) is 53.0. The molecule has 318 valence electrons. The highest BCUT2D eigenvalue weighted by Crippen LogP contribution is 2.62. The lowest BCUT2D eigenvalue weighted by Gasteiger charge is -2.57. The van der Waals surface area contributed by atoms with Crippen molar-refractivity contribution in [2.45, 2.75) is 87.9 Å². The molecule has 5 nitrogen and oxygen atoms in total. The number of para-hydroxylation sites is 1. The Kier molecular flexibility index (Phi) is 8.35. The number of nitriles is 1. The maximum absolute atomic E-state index is 9.85. The Bertz CT molecular complexity index is 3170. The summed E-state index contributed by atoms with van der Waals surface area (Å²) in [6.45, 7) is 0. The van der Waals surface area contributed by atoms with E-state index < -0.39 is 0 Å². The fourth-order valence-electron chi connectivity index (χ4n) is 15.7. The molecule has 2 heterocycles. The van der Waals surface area contributed by atoms with Gasteiger partial charge in [-0.25, -0.2) is 15.0 Å². The predicted molar refractivity (Wildman–Crippen MR) is 260 cm³/mol. The van der Waals surface area contributed by atoms with Gasteiger partial charge in [-0.15, -0.1) is 0 Å². The SMILES string of the molecule is N#Cc1cccc(-n2c3ccccc3c3c(-c4nc(-c5ccc(C67C[C@H]8C[C@H](C6)C[C@@H](C7)C8)cc5)nc(-c5cccc(-c6ccc(C78C[C@H]9C[C@H](C7)C[C@@H](C8)C9)cc6)c5)n4)cccc32)c1. The van der Waals surface area contributed by atoms with Crippen LogP contribution in [0.1, 0.15) is 93.7 Å². The third kappa shape index (κ3) is 6.12. The number of rotatable bonds is 7. The third-order valence-electron chi connectivity index (χ3n) is 17.6. The zero-order valence-corrected chi connectivity index (χ0v) is 37.0. The number of nitrogens with zero attached hydrogens (tertiary/aromatic N) is 5. The summed E-state index contributed by atoms with van der Waals surface area (Å²) in [6.07, 6.45) is 16.9. The van der Waals surface area contributed by atoms with Gasteiger partial charge in [0.2, 0.25) is 0 Å². The summed E-state index contributed by atoms with van der Waals surface area (Å²) in [7, 11) is 0. The monoisotopic (exact) mass is 843 g/mol. The van der Waals surface area contributed by atoms with Gasteiger partial charge in [-0.2, -0.15) is 5.26 Å². The topological polar surface area (TPSA) is 67.4 Å². The van der Waals surface area contributed by atoms with Crippen molar-refractivity contribution in [1.82, 2.24) is 19.5 Å². The minimum absolute atomic E-state index is 0.327. The summed E-state index contributed by atoms with van der Waals surface area (Å²) < 4.78 is 2.26. The van der Waals surface area contributed by atoms with Crippen LogP contribution in [-0.4, -0.2) is 19.5 Å². The highest BCUT2D eigenvalue weighted by atomic mass is 15.0. The third-order valence-corrected chi connectivity index (χ3v) is 17.6. The van der Waals surface area contributed by atoms with E-state index in [2.05, 4.69) is 132 Å². The Balaban J connectivity index is 0.890. The van der Waals surface area contributed by atoms with Gasteiger partial charge in [0.1, 0.15) is 0 Å². The first-order valence-electron chi connectivity index (χ1n) is 24.6. The zero-order chi connectivity index (χ0) is 42.9. The molecule has 0 N–H and O–H groups in total. The van der Waals surface area contributed by atoms with Gasteiger partial charge in [0.15, 0.2) is 17.5 Å². The normalized spacial score (nSPS) is 28.3. The number of aromatic nitrogens is 4. The number of fused-ring (bicyclic) bond motifs is 3. The van der Waals surface area contributed by atoms with Crippen molar-refractivity contribution in [3.05, 3.63) is 156 Å². The molecule has 8 fully saturated rings. The maximum atomic E-state index is 9.85. The molecule has 8 bridgehead atoms. The van der Waals surface area contributed by atoms with Crippen molar-refractivity contribution in [3.8, 4) is 57.0 Å². The lowest BCUT2D eigenvalue weighted by Crippen LogP contribution is -2.48. The van der Waals surface area contributed by atoms with Gasteiger partial charge < -0.3 is 4.57 Å². The van der Waals surface area contributed by atoms with E-state index in [0.717, 1.165) is 79.7 Å². The molecule has 5 heteroatoms. The summed E-state index contributed by atoms with van der Waals surface area (Å²) >= 11 is 0. The second-order valence-corrected chi connectivity index (χ2v) is 21.7. The average molecular weight is 844 g/mol. The van der Waals surface area contributed by atoms with Gasteiger partial charge >= 0.3 is 0 Å². The fraction of sp³-hybridized carbons (Fsp3) is 0.333. The summed E-state index contributed by atoms with van der Waals surface area (Å²) in [5.74, 6) is 7.50. The van der Waals surface area contributed by atoms with Gasteiger partial charge in [0, 0.05) is 33.2 Å². The van der Waals surface area contributed by atoms with Crippen molar-refractivity contribution in [1.29, 1.82) is 5.26 Å². The molecule has 0 radical (unpaired) electrons. The molecular weight excluding hydrogens is 791 g/mol. The molecule has 0 spiro atoms.